The van der Waals surface area contributed by atoms with Crippen LogP contribution in [0.2, 0.25) is 0 Å². The summed E-state index contributed by atoms with van der Waals surface area (Å²) in [6.07, 6.45) is -2.36. The molecule has 0 amide bonds. The van der Waals surface area contributed by atoms with E-state index in [0.717, 1.165) is 6.20 Å². The van der Waals surface area contributed by atoms with Gasteiger partial charge in [-0.25, -0.2) is 0 Å². The zero-order valence-electron chi connectivity index (χ0n) is 4.84. The van der Waals surface area contributed by atoms with Gasteiger partial charge in [-0.05, 0) is 6.08 Å². The van der Waals surface area contributed by atoms with E-state index in [1.807, 2.05) is 0 Å². The van der Waals surface area contributed by atoms with E-state index in [2.05, 4.69) is 0 Å². The lowest BCUT2D eigenvalue weighted by atomic mass is 10.6. The van der Waals surface area contributed by atoms with Crippen molar-refractivity contribution in [1.29, 1.82) is 0 Å². The summed E-state index contributed by atoms with van der Waals surface area (Å²) in [4.78, 5) is 0. The lowest BCUT2D eigenvalue weighted by Crippen LogP contribution is -2.43. The Kier molecular flexibility index (Phi) is 1.57. The van der Waals surface area contributed by atoms with Gasteiger partial charge in [0.1, 0.15) is 0 Å². The predicted octanol–water partition coefficient (Wildman–Crippen LogP) is 0.942. The first-order chi connectivity index (χ1) is 4.52. The summed E-state index contributed by atoms with van der Waals surface area (Å²) >= 11 is 0. The Morgan fingerprint density at radius 2 is 2.00 bits per heavy atom. The standard InChI is InChI=1S/C4H5F3N2O/c5-4(6,7)8-2-1-3-9(8)10/h1,3,10H,2H2. The van der Waals surface area contributed by atoms with Crippen LogP contribution < -0.4 is 0 Å². The van der Waals surface area contributed by atoms with Crippen LogP contribution >= 0.6 is 0 Å². The van der Waals surface area contributed by atoms with Gasteiger partial charge < -0.3 is 0 Å². The second-order valence-corrected chi connectivity index (χ2v) is 1.76. The molecule has 1 N–H and O–H groups in total. The van der Waals surface area contributed by atoms with Crippen molar-refractivity contribution in [2.75, 3.05) is 6.54 Å². The number of rotatable bonds is 0. The Hall–Kier alpha value is -0.750. The predicted molar refractivity (Wildman–Crippen MR) is 25.5 cm³/mol. The van der Waals surface area contributed by atoms with Crippen molar-refractivity contribution in [3.8, 4) is 0 Å². The summed E-state index contributed by atoms with van der Waals surface area (Å²) in [7, 11) is 0. The molecule has 0 saturated heterocycles. The average molecular weight is 154 g/mol. The minimum atomic E-state index is -4.50. The number of hydrogen-bond acceptors (Lipinski definition) is 3. The molecular weight excluding hydrogens is 149 g/mol. The third-order valence-electron chi connectivity index (χ3n) is 1.06. The minimum absolute atomic E-state index is 0.0139. The van der Waals surface area contributed by atoms with Gasteiger partial charge in [0.15, 0.2) is 0 Å². The Bertz CT molecular complexity index is 155. The third kappa shape index (κ3) is 1.22. The first kappa shape index (κ1) is 7.36. The molecule has 58 valence electrons. The van der Waals surface area contributed by atoms with E-state index in [9.17, 15) is 13.2 Å². The van der Waals surface area contributed by atoms with E-state index in [1.165, 1.54) is 6.08 Å². The molecule has 0 radical (unpaired) electrons. The Morgan fingerprint density at radius 1 is 1.40 bits per heavy atom. The van der Waals surface area contributed by atoms with Crippen molar-refractivity contribution in [2.45, 2.75) is 6.30 Å². The average Bonchev–Trinajstić information content (AvgIpc) is 2.11. The minimum Gasteiger partial charge on any atom is -0.273 e. The van der Waals surface area contributed by atoms with Crippen LogP contribution in [0.5, 0.6) is 0 Å². The number of nitrogens with zero attached hydrogens (tertiary/aromatic N) is 2. The molecule has 0 spiro atoms. The molecule has 0 saturated carbocycles. The first-order valence-electron chi connectivity index (χ1n) is 2.51. The lowest BCUT2D eigenvalue weighted by Gasteiger charge is -2.24. The van der Waals surface area contributed by atoms with Crippen molar-refractivity contribution >= 4 is 0 Å². The van der Waals surface area contributed by atoms with Crippen molar-refractivity contribution < 1.29 is 18.4 Å². The van der Waals surface area contributed by atoms with E-state index >= 15 is 0 Å². The Morgan fingerprint density at radius 3 is 2.20 bits per heavy atom. The highest BCUT2D eigenvalue weighted by atomic mass is 19.4. The van der Waals surface area contributed by atoms with Crippen LogP contribution in [-0.2, 0) is 0 Å². The number of hydrazine groups is 1. The number of alkyl halides is 3. The molecule has 0 aromatic carbocycles. The van der Waals surface area contributed by atoms with Gasteiger partial charge in [0, 0.05) is 12.7 Å². The second kappa shape index (κ2) is 2.14. The normalized spacial score (nSPS) is 20.6. The van der Waals surface area contributed by atoms with Crippen molar-refractivity contribution in [3.63, 3.8) is 0 Å². The molecule has 0 atom stereocenters. The first-order valence-corrected chi connectivity index (χ1v) is 2.51. The fourth-order valence-electron chi connectivity index (χ4n) is 0.625. The molecule has 0 aromatic rings. The van der Waals surface area contributed by atoms with Crippen LogP contribution in [0.25, 0.3) is 0 Å². The molecule has 0 fully saturated rings. The van der Waals surface area contributed by atoms with Gasteiger partial charge in [0.2, 0.25) is 0 Å². The van der Waals surface area contributed by atoms with Gasteiger partial charge in [0.25, 0.3) is 0 Å². The van der Waals surface area contributed by atoms with Crippen molar-refractivity contribution in [2.24, 2.45) is 0 Å². The number of halogens is 3. The maximum Gasteiger partial charge on any atom is 0.479 e. The smallest absolute Gasteiger partial charge is 0.273 e. The van der Waals surface area contributed by atoms with Gasteiger partial charge in [-0.15, -0.1) is 0 Å². The van der Waals surface area contributed by atoms with Crippen LogP contribution in [0.3, 0.4) is 0 Å². The highest BCUT2D eigenvalue weighted by Gasteiger charge is 2.41. The van der Waals surface area contributed by atoms with Crippen molar-refractivity contribution in [1.82, 2.24) is 10.2 Å². The summed E-state index contributed by atoms with van der Waals surface area (Å²) < 4.78 is 35.1. The Balaban J connectivity index is 2.60. The number of hydroxylamine groups is 1. The van der Waals surface area contributed by atoms with E-state index in [-0.39, 0.29) is 16.7 Å². The molecule has 0 unspecified atom stereocenters. The second-order valence-electron chi connectivity index (χ2n) is 1.76. The van der Waals surface area contributed by atoms with Crippen LogP contribution in [0.1, 0.15) is 0 Å². The zero-order valence-corrected chi connectivity index (χ0v) is 4.84. The molecule has 1 aliphatic rings. The molecule has 6 heteroatoms. The largest absolute Gasteiger partial charge is 0.479 e. The van der Waals surface area contributed by atoms with Crippen LogP contribution in [-0.4, -0.2) is 28.2 Å². The van der Waals surface area contributed by atoms with E-state index < -0.39 is 6.30 Å². The van der Waals surface area contributed by atoms with Gasteiger partial charge in [-0.1, -0.05) is 5.01 Å². The maximum atomic E-state index is 11.7. The molecule has 0 aliphatic carbocycles. The van der Waals surface area contributed by atoms with E-state index in [4.69, 9.17) is 5.21 Å². The SMILES string of the molecule is ON1C=CCN1C(F)(F)F. The summed E-state index contributed by atoms with van der Waals surface area (Å²) in [5.74, 6) is 0. The van der Waals surface area contributed by atoms with E-state index in [1.54, 1.807) is 0 Å². The molecule has 10 heavy (non-hydrogen) atoms. The monoisotopic (exact) mass is 154 g/mol. The summed E-state index contributed by atoms with van der Waals surface area (Å²) in [5, 5.41) is 8.36. The molecular formula is C4H5F3N2O. The highest BCUT2D eigenvalue weighted by Crippen LogP contribution is 2.24. The summed E-state index contributed by atoms with van der Waals surface area (Å²) in [5.41, 5.74) is 0. The Labute approximate surface area is 54.9 Å². The maximum absolute atomic E-state index is 11.7. The van der Waals surface area contributed by atoms with E-state index in [0.29, 0.717) is 0 Å². The molecule has 1 aliphatic heterocycles. The van der Waals surface area contributed by atoms with Gasteiger partial charge in [-0.3, -0.25) is 5.21 Å². The fourth-order valence-corrected chi connectivity index (χ4v) is 0.625. The lowest BCUT2D eigenvalue weighted by molar-refractivity contribution is -0.357. The molecule has 1 heterocycles. The zero-order chi connectivity index (χ0) is 7.78. The molecule has 0 aromatic heterocycles. The molecule has 1 rings (SSSR count). The highest BCUT2D eigenvalue weighted by molar-refractivity contribution is 4.88. The van der Waals surface area contributed by atoms with Gasteiger partial charge >= 0.3 is 6.30 Å². The quantitative estimate of drug-likeness (QED) is 0.526. The van der Waals surface area contributed by atoms with Gasteiger partial charge in [0.05, 0.1) is 0 Å². The fraction of sp³-hybridized carbons (Fsp3) is 0.500. The molecule has 3 nitrogen and oxygen atoms in total. The van der Waals surface area contributed by atoms with Gasteiger partial charge in [-0.2, -0.15) is 18.3 Å². The summed E-state index contributed by atoms with van der Waals surface area (Å²) in [6, 6.07) is 0. The number of hydrogen-bond donors (Lipinski definition) is 1. The van der Waals surface area contributed by atoms with Crippen LogP contribution in [0.4, 0.5) is 13.2 Å². The third-order valence-corrected chi connectivity index (χ3v) is 1.06. The van der Waals surface area contributed by atoms with Crippen LogP contribution in [0.15, 0.2) is 12.3 Å². The van der Waals surface area contributed by atoms with Crippen molar-refractivity contribution in [3.05, 3.63) is 12.3 Å². The molecule has 0 bridgehead atoms. The topological polar surface area (TPSA) is 26.7 Å². The summed E-state index contributed by atoms with van der Waals surface area (Å²) in [6.45, 7) is -0.333. The van der Waals surface area contributed by atoms with Crippen LogP contribution in [0, 0.1) is 0 Å².